The lowest BCUT2D eigenvalue weighted by atomic mass is 9.96. The maximum Gasteiger partial charge on any atom is 0.337 e. The average molecular weight is 325 g/mol. The molecule has 1 unspecified atom stereocenters. The third-order valence-corrected chi connectivity index (χ3v) is 4.09. The number of hydrogen-bond donors (Lipinski definition) is 1. The van der Waals surface area contributed by atoms with Gasteiger partial charge in [0.05, 0.1) is 18.6 Å². The van der Waals surface area contributed by atoms with E-state index in [1.807, 2.05) is 24.3 Å². The second-order valence-corrected chi connectivity index (χ2v) is 5.73. The third kappa shape index (κ3) is 3.56. The minimum absolute atomic E-state index is 0.0263. The highest BCUT2D eigenvalue weighted by Gasteiger charge is 2.25. The highest BCUT2D eigenvalue weighted by Crippen LogP contribution is 2.26. The quantitative estimate of drug-likeness (QED) is 0.877. The second-order valence-electron chi connectivity index (χ2n) is 5.73. The topological polar surface area (TPSA) is 64.6 Å². The van der Waals surface area contributed by atoms with E-state index in [0.29, 0.717) is 25.1 Å². The fraction of sp³-hybridized carbons (Fsp3) is 0.263. The van der Waals surface area contributed by atoms with Crippen LogP contribution < -0.4 is 10.1 Å². The van der Waals surface area contributed by atoms with Crippen molar-refractivity contribution in [2.45, 2.75) is 13.0 Å². The van der Waals surface area contributed by atoms with Crippen molar-refractivity contribution >= 4 is 11.9 Å². The molecule has 1 heterocycles. The zero-order valence-corrected chi connectivity index (χ0v) is 13.5. The number of esters is 1. The summed E-state index contributed by atoms with van der Waals surface area (Å²) in [6, 6.07) is 14.8. The molecule has 1 aliphatic rings. The van der Waals surface area contributed by atoms with Crippen molar-refractivity contribution in [2.24, 2.45) is 5.92 Å². The van der Waals surface area contributed by atoms with E-state index in [0.717, 1.165) is 16.9 Å². The zero-order chi connectivity index (χ0) is 16.9. The van der Waals surface area contributed by atoms with Gasteiger partial charge in [-0.05, 0) is 35.7 Å². The normalized spacial score (nSPS) is 15.8. The molecule has 2 aromatic carbocycles. The Morgan fingerprint density at radius 3 is 2.67 bits per heavy atom. The fourth-order valence-corrected chi connectivity index (χ4v) is 2.71. The molecule has 0 saturated carbocycles. The van der Waals surface area contributed by atoms with Crippen LogP contribution in [-0.2, 0) is 22.5 Å². The third-order valence-electron chi connectivity index (χ3n) is 4.09. The Hall–Kier alpha value is -2.82. The Morgan fingerprint density at radius 2 is 1.92 bits per heavy atom. The molecule has 0 saturated heterocycles. The van der Waals surface area contributed by atoms with E-state index in [4.69, 9.17) is 4.74 Å². The van der Waals surface area contributed by atoms with Crippen LogP contribution in [0, 0.1) is 5.92 Å². The maximum absolute atomic E-state index is 12.3. The summed E-state index contributed by atoms with van der Waals surface area (Å²) >= 11 is 0. The molecule has 2 aromatic rings. The van der Waals surface area contributed by atoms with Gasteiger partial charge in [0.25, 0.3) is 0 Å². The minimum atomic E-state index is -0.372. The Balaban J connectivity index is 1.55. The highest BCUT2D eigenvalue weighted by molar-refractivity contribution is 5.89. The molecule has 0 aromatic heterocycles. The highest BCUT2D eigenvalue weighted by atomic mass is 16.5. The first-order valence-electron chi connectivity index (χ1n) is 7.83. The number of ether oxygens (including phenoxy) is 2. The van der Waals surface area contributed by atoms with Crippen LogP contribution in [-0.4, -0.2) is 25.6 Å². The van der Waals surface area contributed by atoms with Gasteiger partial charge in [0, 0.05) is 6.54 Å². The minimum Gasteiger partial charge on any atom is -0.492 e. The molecule has 0 aliphatic carbocycles. The SMILES string of the molecule is COC(=O)c1ccc(CNC(=O)C2COc3ccccc3C2)cc1. The van der Waals surface area contributed by atoms with Gasteiger partial charge < -0.3 is 14.8 Å². The van der Waals surface area contributed by atoms with E-state index in [1.54, 1.807) is 24.3 Å². The lowest BCUT2D eigenvalue weighted by molar-refractivity contribution is -0.126. The van der Waals surface area contributed by atoms with Gasteiger partial charge in [-0.3, -0.25) is 4.79 Å². The molecular formula is C19H19NO4. The molecule has 5 nitrogen and oxygen atoms in total. The molecule has 0 radical (unpaired) electrons. The van der Waals surface area contributed by atoms with E-state index in [2.05, 4.69) is 10.1 Å². The summed E-state index contributed by atoms with van der Waals surface area (Å²) in [6.07, 6.45) is 0.684. The number of methoxy groups -OCH3 is 1. The van der Waals surface area contributed by atoms with Gasteiger partial charge in [-0.15, -0.1) is 0 Å². The average Bonchev–Trinajstić information content (AvgIpc) is 2.65. The summed E-state index contributed by atoms with van der Waals surface area (Å²) in [5.74, 6) is 0.277. The number of amides is 1. The molecule has 1 atom stereocenters. The Bertz CT molecular complexity index is 739. The first kappa shape index (κ1) is 16.1. The number of rotatable bonds is 4. The summed E-state index contributed by atoms with van der Waals surface area (Å²) in [5.41, 5.74) is 2.48. The van der Waals surface area contributed by atoms with Crippen LogP contribution in [0.2, 0.25) is 0 Å². The van der Waals surface area contributed by atoms with Gasteiger partial charge >= 0.3 is 5.97 Å². The monoisotopic (exact) mass is 325 g/mol. The van der Waals surface area contributed by atoms with E-state index < -0.39 is 0 Å². The lowest BCUT2D eigenvalue weighted by Gasteiger charge is -2.24. The smallest absolute Gasteiger partial charge is 0.337 e. The molecule has 1 N–H and O–H groups in total. The van der Waals surface area contributed by atoms with E-state index >= 15 is 0 Å². The Morgan fingerprint density at radius 1 is 1.17 bits per heavy atom. The molecule has 5 heteroatoms. The summed E-state index contributed by atoms with van der Waals surface area (Å²) in [4.78, 5) is 23.7. The first-order chi connectivity index (χ1) is 11.7. The maximum atomic E-state index is 12.3. The molecule has 0 bridgehead atoms. The second kappa shape index (κ2) is 7.17. The standard InChI is InChI=1S/C19H19NO4/c1-23-19(22)14-8-6-13(7-9-14)11-20-18(21)16-10-15-4-2-3-5-17(15)24-12-16/h2-9,16H,10-12H2,1H3,(H,20,21). The fourth-order valence-electron chi connectivity index (χ4n) is 2.71. The van der Waals surface area contributed by atoms with Crippen molar-refractivity contribution in [1.82, 2.24) is 5.32 Å². The van der Waals surface area contributed by atoms with Crippen LogP contribution in [0.25, 0.3) is 0 Å². The van der Waals surface area contributed by atoms with Gasteiger partial charge in [-0.2, -0.15) is 0 Å². The van der Waals surface area contributed by atoms with Crippen molar-refractivity contribution in [2.75, 3.05) is 13.7 Å². The Labute approximate surface area is 140 Å². The van der Waals surface area contributed by atoms with Crippen LogP contribution >= 0.6 is 0 Å². The lowest BCUT2D eigenvalue weighted by Crippen LogP contribution is -2.37. The number of benzene rings is 2. The molecule has 1 amide bonds. The van der Waals surface area contributed by atoms with Crippen LogP contribution in [0.4, 0.5) is 0 Å². The van der Waals surface area contributed by atoms with Crippen molar-refractivity contribution < 1.29 is 19.1 Å². The number of hydrogen-bond acceptors (Lipinski definition) is 4. The van der Waals surface area contributed by atoms with Gasteiger partial charge in [0.2, 0.25) is 5.91 Å². The van der Waals surface area contributed by atoms with Gasteiger partial charge in [0.1, 0.15) is 12.4 Å². The summed E-state index contributed by atoms with van der Waals surface area (Å²) < 4.78 is 10.3. The van der Waals surface area contributed by atoms with Gasteiger partial charge in [-0.1, -0.05) is 30.3 Å². The van der Waals surface area contributed by atoms with Crippen molar-refractivity contribution in [1.29, 1.82) is 0 Å². The molecular weight excluding hydrogens is 306 g/mol. The number of nitrogens with one attached hydrogen (secondary N) is 1. The molecule has 0 spiro atoms. The molecule has 3 rings (SSSR count). The molecule has 0 fully saturated rings. The summed E-state index contributed by atoms with van der Waals surface area (Å²) in [5, 5.41) is 2.93. The molecule has 1 aliphatic heterocycles. The van der Waals surface area contributed by atoms with Crippen LogP contribution in [0.5, 0.6) is 5.75 Å². The number of fused-ring (bicyclic) bond motifs is 1. The molecule has 124 valence electrons. The van der Waals surface area contributed by atoms with Crippen LogP contribution in [0.1, 0.15) is 21.5 Å². The van der Waals surface area contributed by atoms with E-state index in [9.17, 15) is 9.59 Å². The largest absolute Gasteiger partial charge is 0.492 e. The predicted octanol–water partition coefficient (Wildman–Crippen LogP) is 2.34. The van der Waals surface area contributed by atoms with Crippen molar-refractivity contribution in [3.8, 4) is 5.75 Å². The van der Waals surface area contributed by atoms with Crippen molar-refractivity contribution in [3.05, 3.63) is 65.2 Å². The number of carbonyl (C=O) groups excluding carboxylic acids is 2. The van der Waals surface area contributed by atoms with E-state index in [-0.39, 0.29) is 17.8 Å². The van der Waals surface area contributed by atoms with Gasteiger partial charge in [-0.25, -0.2) is 4.79 Å². The van der Waals surface area contributed by atoms with Crippen molar-refractivity contribution in [3.63, 3.8) is 0 Å². The predicted molar refractivity (Wildman–Crippen MR) is 88.8 cm³/mol. The van der Waals surface area contributed by atoms with Crippen LogP contribution in [0.3, 0.4) is 0 Å². The Kier molecular flexibility index (Phi) is 4.79. The molecule has 24 heavy (non-hydrogen) atoms. The summed E-state index contributed by atoms with van der Waals surface area (Å²) in [7, 11) is 1.35. The summed E-state index contributed by atoms with van der Waals surface area (Å²) in [6.45, 7) is 0.808. The zero-order valence-electron chi connectivity index (χ0n) is 13.5. The number of carbonyl (C=O) groups is 2. The van der Waals surface area contributed by atoms with E-state index in [1.165, 1.54) is 7.11 Å². The first-order valence-corrected chi connectivity index (χ1v) is 7.83. The van der Waals surface area contributed by atoms with Crippen LogP contribution in [0.15, 0.2) is 48.5 Å². The number of para-hydroxylation sites is 1. The van der Waals surface area contributed by atoms with Gasteiger partial charge in [0.15, 0.2) is 0 Å².